The maximum absolute atomic E-state index is 12.8. The summed E-state index contributed by atoms with van der Waals surface area (Å²) >= 11 is 11.7. The predicted octanol–water partition coefficient (Wildman–Crippen LogP) is 4.28. The van der Waals surface area contributed by atoms with E-state index in [9.17, 15) is 4.39 Å². The molecule has 0 amide bonds. The summed E-state index contributed by atoms with van der Waals surface area (Å²) < 4.78 is 12.8. The van der Waals surface area contributed by atoms with Gasteiger partial charge in [0.2, 0.25) is 0 Å². The number of rotatable bonds is 2. The molecule has 16 heavy (non-hydrogen) atoms. The quantitative estimate of drug-likeness (QED) is 0.577. The van der Waals surface area contributed by atoms with Crippen molar-refractivity contribution in [2.45, 2.75) is 5.88 Å². The summed E-state index contributed by atoms with van der Waals surface area (Å²) in [6.07, 6.45) is 0. The second-order valence-electron chi connectivity index (χ2n) is 3.28. The number of aromatic nitrogens is 1. The van der Waals surface area contributed by atoms with Crippen LogP contribution in [0.4, 0.5) is 4.39 Å². The van der Waals surface area contributed by atoms with Crippen LogP contribution in [0.15, 0.2) is 36.4 Å². The number of hydrogen-bond donors (Lipinski definition) is 0. The molecule has 0 radical (unpaired) electrons. The smallest absolute Gasteiger partial charge is 0.137 e. The minimum absolute atomic E-state index is 0.273. The molecule has 0 bridgehead atoms. The van der Waals surface area contributed by atoms with Crippen molar-refractivity contribution in [2.24, 2.45) is 0 Å². The van der Waals surface area contributed by atoms with E-state index in [1.54, 1.807) is 18.2 Å². The van der Waals surface area contributed by atoms with Gasteiger partial charge in [0.25, 0.3) is 0 Å². The fourth-order valence-corrected chi connectivity index (χ4v) is 1.82. The number of halogens is 3. The Morgan fingerprint density at radius 3 is 2.31 bits per heavy atom. The fourth-order valence-electron chi connectivity index (χ4n) is 1.39. The van der Waals surface area contributed by atoms with E-state index in [1.165, 1.54) is 12.1 Å². The first-order valence-electron chi connectivity index (χ1n) is 4.68. The largest absolute Gasteiger partial charge is 0.239 e. The SMILES string of the molecule is Fc1ccc(-c2ccc(CCl)nc2Cl)cc1. The summed E-state index contributed by atoms with van der Waals surface area (Å²) in [7, 11) is 0. The first kappa shape index (κ1) is 11.4. The summed E-state index contributed by atoms with van der Waals surface area (Å²) in [5, 5.41) is 0.379. The third-order valence-corrected chi connectivity index (χ3v) is 2.76. The van der Waals surface area contributed by atoms with Crippen molar-refractivity contribution >= 4 is 23.2 Å². The van der Waals surface area contributed by atoms with E-state index in [2.05, 4.69) is 4.98 Å². The van der Waals surface area contributed by atoms with E-state index in [1.807, 2.05) is 6.07 Å². The van der Waals surface area contributed by atoms with Crippen molar-refractivity contribution in [2.75, 3.05) is 0 Å². The van der Waals surface area contributed by atoms with Crippen LogP contribution in [0, 0.1) is 5.82 Å². The number of benzene rings is 1. The normalized spacial score (nSPS) is 10.4. The van der Waals surface area contributed by atoms with E-state index >= 15 is 0 Å². The van der Waals surface area contributed by atoms with Gasteiger partial charge in [0.05, 0.1) is 11.6 Å². The van der Waals surface area contributed by atoms with Crippen LogP contribution in [0.2, 0.25) is 5.15 Å². The maximum atomic E-state index is 12.8. The van der Waals surface area contributed by atoms with Crippen molar-refractivity contribution in [1.29, 1.82) is 0 Å². The molecule has 0 unspecified atom stereocenters. The average Bonchev–Trinajstić information content (AvgIpc) is 2.30. The zero-order chi connectivity index (χ0) is 11.5. The Hall–Kier alpha value is -1.12. The van der Waals surface area contributed by atoms with Crippen LogP contribution in [-0.4, -0.2) is 4.98 Å². The summed E-state index contributed by atoms with van der Waals surface area (Å²) in [5.74, 6) is 0.0499. The van der Waals surface area contributed by atoms with Gasteiger partial charge in [0.1, 0.15) is 11.0 Å². The molecule has 0 saturated carbocycles. The molecular formula is C12H8Cl2FN. The molecule has 82 valence electrons. The number of hydrogen-bond acceptors (Lipinski definition) is 1. The van der Waals surface area contributed by atoms with E-state index in [0.29, 0.717) is 11.0 Å². The Balaban J connectivity index is 2.44. The standard InChI is InChI=1S/C12H8Cl2FN/c13-7-10-5-6-11(12(14)16-10)8-1-3-9(15)4-2-8/h1-6H,7H2. The minimum atomic E-state index is -0.273. The molecule has 0 fully saturated rings. The minimum Gasteiger partial charge on any atom is -0.239 e. The van der Waals surface area contributed by atoms with Gasteiger partial charge < -0.3 is 0 Å². The van der Waals surface area contributed by atoms with Crippen LogP contribution in [0.1, 0.15) is 5.69 Å². The molecule has 1 aromatic carbocycles. The third-order valence-electron chi connectivity index (χ3n) is 2.20. The lowest BCUT2D eigenvalue weighted by molar-refractivity contribution is 0.628. The van der Waals surface area contributed by atoms with Gasteiger partial charge in [-0.05, 0) is 29.8 Å². The fraction of sp³-hybridized carbons (Fsp3) is 0.0833. The zero-order valence-electron chi connectivity index (χ0n) is 8.25. The van der Waals surface area contributed by atoms with Gasteiger partial charge in [-0.2, -0.15) is 0 Å². The van der Waals surface area contributed by atoms with E-state index in [0.717, 1.165) is 16.8 Å². The molecule has 1 aromatic heterocycles. The number of nitrogens with zero attached hydrogens (tertiary/aromatic N) is 1. The van der Waals surface area contributed by atoms with Gasteiger partial charge in [-0.3, -0.25) is 0 Å². The maximum Gasteiger partial charge on any atom is 0.137 e. The summed E-state index contributed by atoms with van der Waals surface area (Å²) in [5.41, 5.74) is 2.33. The van der Waals surface area contributed by atoms with Crippen LogP contribution in [-0.2, 0) is 5.88 Å². The Morgan fingerprint density at radius 2 is 1.75 bits per heavy atom. The van der Waals surface area contributed by atoms with Gasteiger partial charge in [0, 0.05) is 5.56 Å². The molecule has 2 aromatic rings. The highest BCUT2D eigenvalue weighted by molar-refractivity contribution is 6.32. The number of alkyl halides is 1. The van der Waals surface area contributed by atoms with Crippen LogP contribution >= 0.6 is 23.2 Å². The van der Waals surface area contributed by atoms with Crippen LogP contribution < -0.4 is 0 Å². The van der Waals surface area contributed by atoms with Crippen molar-refractivity contribution in [3.8, 4) is 11.1 Å². The van der Waals surface area contributed by atoms with Gasteiger partial charge >= 0.3 is 0 Å². The Morgan fingerprint density at radius 1 is 1.06 bits per heavy atom. The molecule has 1 nitrogen and oxygen atoms in total. The lowest BCUT2D eigenvalue weighted by Crippen LogP contribution is -1.89. The van der Waals surface area contributed by atoms with Crippen molar-refractivity contribution in [3.63, 3.8) is 0 Å². The lowest BCUT2D eigenvalue weighted by Gasteiger charge is -2.05. The van der Waals surface area contributed by atoms with Crippen LogP contribution in [0.5, 0.6) is 0 Å². The first-order chi connectivity index (χ1) is 7.70. The van der Waals surface area contributed by atoms with Gasteiger partial charge in [0.15, 0.2) is 0 Å². The Bertz CT molecular complexity index is 497. The summed E-state index contributed by atoms with van der Waals surface area (Å²) in [6.45, 7) is 0. The summed E-state index contributed by atoms with van der Waals surface area (Å²) in [4.78, 5) is 4.13. The molecule has 0 aliphatic heterocycles. The van der Waals surface area contributed by atoms with Gasteiger partial charge in [-0.15, -0.1) is 11.6 Å². The van der Waals surface area contributed by atoms with Crippen molar-refractivity contribution < 1.29 is 4.39 Å². The molecule has 0 N–H and O–H groups in total. The highest BCUT2D eigenvalue weighted by Crippen LogP contribution is 2.26. The lowest BCUT2D eigenvalue weighted by atomic mass is 10.1. The second kappa shape index (κ2) is 4.81. The molecule has 0 aliphatic carbocycles. The van der Waals surface area contributed by atoms with Crippen molar-refractivity contribution in [3.05, 3.63) is 53.1 Å². The molecule has 0 atom stereocenters. The molecular weight excluding hydrogens is 248 g/mol. The van der Waals surface area contributed by atoms with Crippen LogP contribution in [0.25, 0.3) is 11.1 Å². The Kier molecular flexibility index (Phi) is 3.42. The molecule has 2 rings (SSSR count). The molecule has 1 heterocycles. The van der Waals surface area contributed by atoms with E-state index in [-0.39, 0.29) is 5.82 Å². The van der Waals surface area contributed by atoms with E-state index < -0.39 is 0 Å². The monoisotopic (exact) mass is 255 g/mol. The zero-order valence-corrected chi connectivity index (χ0v) is 9.76. The highest BCUT2D eigenvalue weighted by Gasteiger charge is 2.05. The third kappa shape index (κ3) is 2.34. The summed E-state index contributed by atoms with van der Waals surface area (Å²) in [6, 6.07) is 9.75. The predicted molar refractivity (Wildman–Crippen MR) is 64.2 cm³/mol. The Labute approximate surface area is 103 Å². The highest BCUT2D eigenvalue weighted by atomic mass is 35.5. The molecule has 4 heteroatoms. The topological polar surface area (TPSA) is 12.9 Å². The second-order valence-corrected chi connectivity index (χ2v) is 3.91. The average molecular weight is 256 g/mol. The molecule has 0 aliphatic rings. The first-order valence-corrected chi connectivity index (χ1v) is 5.59. The molecule has 0 spiro atoms. The molecule has 0 saturated heterocycles. The van der Waals surface area contributed by atoms with Crippen molar-refractivity contribution in [1.82, 2.24) is 4.98 Å². The van der Waals surface area contributed by atoms with Gasteiger partial charge in [-0.25, -0.2) is 9.37 Å². The number of pyridine rings is 1. The van der Waals surface area contributed by atoms with Gasteiger partial charge in [-0.1, -0.05) is 23.7 Å². The van der Waals surface area contributed by atoms with E-state index in [4.69, 9.17) is 23.2 Å². The van der Waals surface area contributed by atoms with Crippen LogP contribution in [0.3, 0.4) is 0 Å².